The van der Waals surface area contributed by atoms with E-state index in [0.717, 1.165) is 17.0 Å². The van der Waals surface area contributed by atoms with Gasteiger partial charge in [-0.1, -0.05) is 30.3 Å². The summed E-state index contributed by atoms with van der Waals surface area (Å²) in [5.41, 5.74) is 2.43. The van der Waals surface area contributed by atoms with Crippen LogP contribution >= 0.6 is 0 Å². The molecule has 0 fully saturated rings. The molecule has 0 saturated carbocycles. The molecule has 6 heteroatoms. The average Bonchev–Trinajstić information content (AvgIpc) is 3.27. The van der Waals surface area contributed by atoms with Crippen LogP contribution in [0, 0.1) is 0 Å². The highest BCUT2D eigenvalue weighted by Gasteiger charge is 2.08. The van der Waals surface area contributed by atoms with Crippen LogP contribution in [0.4, 0.5) is 17.3 Å². The largest absolute Gasteiger partial charge is 0.467 e. The molecule has 0 aliphatic heterocycles. The SMILES string of the molecule is CC(=O)c1ccc(Nc2cc(NCc3ccco3)nc(-c3ccccc3)n2)cc1. The molecule has 2 N–H and O–H groups in total. The van der Waals surface area contributed by atoms with Crippen LogP contribution in [-0.2, 0) is 6.54 Å². The number of Topliss-reactive ketones (excluding diaryl/α,β-unsaturated/α-hetero) is 1. The number of carbonyl (C=O) groups excluding carboxylic acids is 1. The standard InChI is InChI=1S/C23H20N4O2/c1-16(28)17-9-11-19(12-10-17)25-22-14-21(24-15-20-8-5-13-29-20)26-23(27-22)18-6-3-2-4-7-18/h2-14H,15H2,1H3,(H2,24,25,26,27). The summed E-state index contributed by atoms with van der Waals surface area (Å²) >= 11 is 0. The Morgan fingerprint density at radius 1 is 0.931 bits per heavy atom. The highest BCUT2D eigenvalue weighted by molar-refractivity contribution is 5.94. The number of carbonyl (C=O) groups is 1. The molecule has 4 aromatic rings. The number of ketones is 1. The second-order valence-corrected chi connectivity index (χ2v) is 6.52. The molecule has 0 atom stereocenters. The van der Waals surface area contributed by atoms with Gasteiger partial charge in [0.2, 0.25) is 0 Å². The summed E-state index contributed by atoms with van der Waals surface area (Å²) in [6.07, 6.45) is 1.64. The quantitative estimate of drug-likeness (QED) is 0.421. The number of rotatable bonds is 7. The lowest BCUT2D eigenvalue weighted by atomic mass is 10.1. The van der Waals surface area contributed by atoms with Gasteiger partial charge in [0.25, 0.3) is 0 Å². The summed E-state index contributed by atoms with van der Waals surface area (Å²) < 4.78 is 5.38. The summed E-state index contributed by atoms with van der Waals surface area (Å²) in [6.45, 7) is 2.07. The fourth-order valence-corrected chi connectivity index (χ4v) is 2.85. The summed E-state index contributed by atoms with van der Waals surface area (Å²) in [7, 11) is 0. The summed E-state index contributed by atoms with van der Waals surface area (Å²) in [5, 5.41) is 6.57. The molecule has 0 spiro atoms. The molecule has 2 heterocycles. The van der Waals surface area contributed by atoms with Gasteiger partial charge in [0.15, 0.2) is 11.6 Å². The van der Waals surface area contributed by atoms with Crippen LogP contribution in [0.2, 0.25) is 0 Å². The molecule has 0 radical (unpaired) electrons. The van der Waals surface area contributed by atoms with Crippen LogP contribution in [0.3, 0.4) is 0 Å². The number of anilines is 3. The molecule has 0 bridgehead atoms. The molecule has 144 valence electrons. The van der Waals surface area contributed by atoms with E-state index >= 15 is 0 Å². The summed E-state index contributed by atoms with van der Waals surface area (Å²) in [4.78, 5) is 20.8. The third kappa shape index (κ3) is 4.68. The molecule has 2 aromatic carbocycles. The van der Waals surface area contributed by atoms with Crippen LogP contribution in [0.15, 0.2) is 83.5 Å². The Bertz CT molecular complexity index is 1090. The third-order valence-corrected chi connectivity index (χ3v) is 4.35. The monoisotopic (exact) mass is 384 g/mol. The van der Waals surface area contributed by atoms with Gasteiger partial charge in [-0.3, -0.25) is 4.79 Å². The van der Waals surface area contributed by atoms with E-state index in [-0.39, 0.29) is 5.78 Å². The van der Waals surface area contributed by atoms with E-state index in [2.05, 4.69) is 20.6 Å². The Morgan fingerprint density at radius 2 is 1.69 bits per heavy atom. The highest BCUT2D eigenvalue weighted by atomic mass is 16.3. The Kier molecular flexibility index (Phi) is 5.33. The summed E-state index contributed by atoms with van der Waals surface area (Å²) in [6, 6.07) is 22.7. The highest BCUT2D eigenvalue weighted by Crippen LogP contribution is 2.23. The zero-order valence-electron chi connectivity index (χ0n) is 15.9. The maximum Gasteiger partial charge on any atom is 0.163 e. The number of hydrogen-bond donors (Lipinski definition) is 2. The van der Waals surface area contributed by atoms with Crippen molar-refractivity contribution in [1.29, 1.82) is 0 Å². The molecule has 4 rings (SSSR count). The van der Waals surface area contributed by atoms with Crippen LogP contribution in [-0.4, -0.2) is 15.8 Å². The third-order valence-electron chi connectivity index (χ3n) is 4.35. The fraction of sp³-hybridized carbons (Fsp3) is 0.0870. The van der Waals surface area contributed by atoms with Crippen molar-refractivity contribution in [3.63, 3.8) is 0 Å². The number of nitrogens with zero attached hydrogens (tertiary/aromatic N) is 2. The van der Waals surface area contributed by atoms with Gasteiger partial charge >= 0.3 is 0 Å². The van der Waals surface area contributed by atoms with E-state index in [0.29, 0.717) is 29.6 Å². The van der Waals surface area contributed by atoms with Crippen molar-refractivity contribution >= 4 is 23.1 Å². The van der Waals surface area contributed by atoms with E-state index < -0.39 is 0 Å². The van der Waals surface area contributed by atoms with Crippen molar-refractivity contribution in [2.75, 3.05) is 10.6 Å². The van der Waals surface area contributed by atoms with Crippen LogP contribution in [0.25, 0.3) is 11.4 Å². The molecular weight excluding hydrogens is 364 g/mol. The van der Waals surface area contributed by atoms with Gasteiger partial charge in [-0.25, -0.2) is 9.97 Å². The Labute approximate surface area is 168 Å². The van der Waals surface area contributed by atoms with Gasteiger partial charge in [0.1, 0.15) is 17.4 Å². The maximum absolute atomic E-state index is 11.5. The van der Waals surface area contributed by atoms with Gasteiger partial charge in [0.05, 0.1) is 12.8 Å². The first-order chi connectivity index (χ1) is 14.2. The maximum atomic E-state index is 11.5. The lowest BCUT2D eigenvalue weighted by molar-refractivity contribution is 0.101. The van der Waals surface area contributed by atoms with Gasteiger partial charge in [-0.05, 0) is 43.3 Å². The minimum atomic E-state index is 0.0364. The number of furan rings is 1. The molecule has 29 heavy (non-hydrogen) atoms. The number of hydrogen-bond acceptors (Lipinski definition) is 6. The first-order valence-electron chi connectivity index (χ1n) is 9.26. The topological polar surface area (TPSA) is 80.0 Å². The first kappa shape index (κ1) is 18.4. The van der Waals surface area contributed by atoms with Gasteiger partial charge in [-0.2, -0.15) is 0 Å². The van der Waals surface area contributed by atoms with E-state index in [1.807, 2.05) is 60.7 Å². The van der Waals surface area contributed by atoms with Crippen LogP contribution in [0.1, 0.15) is 23.0 Å². The fourth-order valence-electron chi connectivity index (χ4n) is 2.85. The van der Waals surface area contributed by atoms with Crippen molar-refractivity contribution in [3.8, 4) is 11.4 Å². The smallest absolute Gasteiger partial charge is 0.163 e. The normalized spacial score (nSPS) is 10.5. The van der Waals surface area contributed by atoms with Crippen molar-refractivity contribution in [2.24, 2.45) is 0 Å². The Hall–Kier alpha value is -3.93. The second kappa shape index (κ2) is 8.39. The van der Waals surface area contributed by atoms with E-state index in [4.69, 9.17) is 4.42 Å². The molecule has 0 saturated heterocycles. The molecule has 2 aromatic heterocycles. The lowest BCUT2D eigenvalue weighted by Crippen LogP contribution is -2.05. The predicted octanol–water partition coefficient (Wildman–Crippen LogP) is 5.29. The summed E-state index contributed by atoms with van der Waals surface area (Å²) in [5.74, 6) is 2.79. The minimum absolute atomic E-state index is 0.0364. The molecule has 6 nitrogen and oxygen atoms in total. The lowest BCUT2D eigenvalue weighted by Gasteiger charge is -2.11. The zero-order chi connectivity index (χ0) is 20.1. The van der Waals surface area contributed by atoms with Crippen molar-refractivity contribution in [2.45, 2.75) is 13.5 Å². The minimum Gasteiger partial charge on any atom is -0.467 e. The van der Waals surface area contributed by atoms with Crippen molar-refractivity contribution in [1.82, 2.24) is 9.97 Å². The van der Waals surface area contributed by atoms with Gasteiger partial charge in [-0.15, -0.1) is 0 Å². The molecule has 0 aliphatic rings. The average molecular weight is 384 g/mol. The van der Waals surface area contributed by atoms with Gasteiger partial charge < -0.3 is 15.1 Å². The van der Waals surface area contributed by atoms with Gasteiger partial charge in [0, 0.05) is 22.9 Å². The Morgan fingerprint density at radius 3 is 2.38 bits per heavy atom. The van der Waals surface area contributed by atoms with E-state index in [1.165, 1.54) is 0 Å². The van der Waals surface area contributed by atoms with E-state index in [1.54, 1.807) is 25.3 Å². The van der Waals surface area contributed by atoms with E-state index in [9.17, 15) is 4.79 Å². The predicted molar refractivity (Wildman–Crippen MR) is 113 cm³/mol. The van der Waals surface area contributed by atoms with Crippen molar-refractivity contribution in [3.05, 3.63) is 90.4 Å². The number of benzene rings is 2. The molecule has 0 aliphatic carbocycles. The molecule has 0 amide bonds. The second-order valence-electron chi connectivity index (χ2n) is 6.52. The zero-order valence-corrected chi connectivity index (χ0v) is 15.9. The Balaban J connectivity index is 1.62. The van der Waals surface area contributed by atoms with Crippen LogP contribution < -0.4 is 10.6 Å². The van der Waals surface area contributed by atoms with Crippen molar-refractivity contribution < 1.29 is 9.21 Å². The molecule has 0 unspecified atom stereocenters. The number of aromatic nitrogens is 2. The first-order valence-corrected chi connectivity index (χ1v) is 9.26. The molecular formula is C23H20N4O2. The van der Waals surface area contributed by atoms with Crippen LogP contribution in [0.5, 0.6) is 0 Å². The number of nitrogens with one attached hydrogen (secondary N) is 2.